The molecule has 0 aliphatic carbocycles. The molecular formula is C13H19N3O3. The fourth-order valence-corrected chi connectivity index (χ4v) is 1.38. The van der Waals surface area contributed by atoms with Crippen LogP contribution in [0, 0.1) is 0 Å². The van der Waals surface area contributed by atoms with E-state index in [0.29, 0.717) is 24.2 Å². The molecular weight excluding hydrogens is 246 g/mol. The van der Waals surface area contributed by atoms with Crippen LogP contribution in [0.5, 0.6) is 0 Å². The van der Waals surface area contributed by atoms with Crippen molar-refractivity contribution < 1.29 is 14.7 Å². The van der Waals surface area contributed by atoms with Gasteiger partial charge < -0.3 is 21.5 Å². The molecule has 0 aliphatic heterocycles. The molecule has 0 saturated heterocycles. The van der Waals surface area contributed by atoms with Crippen LogP contribution in [-0.4, -0.2) is 36.1 Å². The summed E-state index contributed by atoms with van der Waals surface area (Å²) in [5.41, 5.74) is 6.54. The highest BCUT2D eigenvalue weighted by molar-refractivity contribution is 5.96. The molecule has 0 bridgehead atoms. The van der Waals surface area contributed by atoms with Gasteiger partial charge in [-0.25, -0.2) is 0 Å². The van der Waals surface area contributed by atoms with Gasteiger partial charge in [0.15, 0.2) is 0 Å². The summed E-state index contributed by atoms with van der Waals surface area (Å²) in [5, 5.41) is 14.1. The first kappa shape index (κ1) is 15.0. The molecule has 0 saturated carbocycles. The summed E-state index contributed by atoms with van der Waals surface area (Å²) < 4.78 is 0. The second-order valence-corrected chi connectivity index (χ2v) is 4.29. The van der Waals surface area contributed by atoms with Gasteiger partial charge in [0.1, 0.15) is 0 Å². The molecule has 1 aromatic carbocycles. The molecule has 0 heterocycles. The van der Waals surface area contributed by atoms with Crippen molar-refractivity contribution >= 4 is 17.5 Å². The Morgan fingerprint density at radius 2 is 1.89 bits per heavy atom. The van der Waals surface area contributed by atoms with Gasteiger partial charge >= 0.3 is 0 Å². The molecule has 1 rings (SSSR count). The van der Waals surface area contributed by atoms with E-state index >= 15 is 0 Å². The second-order valence-electron chi connectivity index (χ2n) is 4.29. The molecule has 104 valence electrons. The maximum Gasteiger partial charge on any atom is 0.251 e. The average molecular weight is 265 g/mol. The van der Waals surface area contributed by atoms with Crippen LogP contribution in [0.15, 0.2) is 24.3 Å². The molecule has 1 atom stereocenters. The summed E-state index contributed by atoms with van der Waals surface area (Å²) in [6.45, 7) is 1.94. The maximum atomic E-state index is 11.7. The van der Waals surface area contributed by atoms with E-state index < -0.39 is 6.10 Å². The van der Waals surface area contributed by atoms with Crippen molar-refractivity contribution in [1.29, 1.82) is 0 Å². The molecule has 2 amide bonds. The van der Waals surface area contributed by atoms with Crippen molar-refractivity contribution in [2.45, 2.75) is 19.4 Å². The van der Waals surface area contributed by atoms with Crippen molar-refractivity contribution in [3.05, 3.63) is 29.8 Å². The summed E-state index contributed by atoms with van der Waals surface area (Å²) in [7, 11) is 0. The summed E-state index contributed by atoms with van der Waals surface area (Å²) in [6.07, 6.45) is 0.0298. The van der Waals surface area contributed by atoms with Crippen LogP contribution in [0.25, 0.3) is 0 Å². The zero-order valence-electron chi connectivity index (χ0n) is 10.8. The van der Waals surface area contributed by atoms with Crippen LogP contribution in [-0.2, 0) is 4.79 Å². The Balaban J connectivity index is 2.30. The van der Waals surface area contributed by atoms with Crippen molar-refractivity contribution in [3.63, 3.8) is 0 Å². The molecule has 0 aromatic heterocycles. The third-order valence-electron chi connectivity index (χ3n) is 2.47. The lowest BCUT2D eigenvalue weighted by Gasteiger charge is -2.08. The van der Waals surface area contributed by atoms with Crippen LogP contribution < -0.4 is 16.4 Å². The molecule has 0 radical (unpaired) electrons. The van der Waals surface area contributed by atoms with Gasteiger partial charge in [-0.3, -0.25) is 9.59 Å². The molecule has 0 spiro atoms. The number of nitrogens with one attached hydrogen (secondary N) is 2. The summed E-state index contributed by atoms with van der Waals surface area (Å²) in [6, 6.07) is 6.43. The summed E-state index contributed by atoms with van der Waals surface area (Å²) in [4.78, 5) is 23.1. The quantitative estimate of drug-likeness (QED) is 0.538. The topological polar surface area (TPSA) is 104 Å². The molecule has 0 aliphatic rings. The van der Waals surface area contributed by atoms with E-state index in [9.17, 15) is 9.59 Å². The minimum atomic E-state index is -0.454. The Bertz CT molecular complexity index is 429. The number of aliphatic hydroxyl groups is 1. The smallest absolute Gasteiger partial charge is 0.251 e. The van der Waals surface area contributed by atoms with E-state index in [-0.39, 0.29) is 18.4 Å². The number of benzene rings is 1. The van der Waals surface area contributed by atoms with Crippen molar-refractivity contribution in [1.82, 2.24) is 10.6 Å². The van der Waals surface area contributed by atoms with E-state index in [1.54, 1.807) is 31.2 Å². The zero-order chi connectivity index (χ0) is 14.3. The largest absolute Gasteiger partial charge is 0.399 e. The highest BCUT2D eigenvalue weighted by atomic mass is 16.3. The van der Waals surface area contributed by atoms with Crippen LogP contribution in [0.1, 0.15) is 23.7 Å². The number of hydrogen-bond donors (Lipinski definition) is 4. The Morgan fingerprint density at radius 3 is 2.47 bits per heavy atom. The summed E-state index contributed by atoms with van der Waals surface area (Å²) in [5.74, 6) is -0.616. The number of hydrogen-bond acceptors (Lipinski definition) is 4. The fourth-order valence-electron chi connectivity index (χ4n) is 1.38. The first-order valence-electron chi connectivity index (χ1n) is 6.07. The van der Waals surface area contributed by atoms with Crippen LogP contribution in [0.3, 0.4) is 0 Å². The second kappa shape index (κ2) is 7.38. The van der Waals surface area contributed by atoms with E-state index in [4.69, 9.17) is 10.8 Å². The van der Waals surface area contributed by atoms with Crippen molar-refractivity contribution in [2.75, 3.05) is 18.8 Å². The third-order valence-corrected chi connectivity index (χ3v) is 2.47. The van der Waals surface area contributed by atoms with Crippen molar-refractivity contribution in [3.8, 4) is 0 Å². The van der Waals surface area contributed by atoms with Crippen LogP contribution in [0.2, 0.25) is 0 Å². The lowest BCUT2D eigenvalue weighted by atomic mass is 10.2. The monoisotopic (exact) mass is 265 g/mol. The van der Waals surface area contributed by atoms with Gasteiger partial charge in [0.25, 0.3) is 5.91 Å². The number of nitrogens with two attached hydrogens (primary N) is 1. The van der Waals surface area contributed by atoms with E-state index in [1.807, 2.05) is 0 Å². The average Bonchev–Trinajstić information content (AvgIpc) is 2.36. The minimum absolute atomic E-state index is 0.0942. The molecule has 1 aromatic rings. The van der Waals surface area contributed by atoms with Crippen molar-refractivity contribution in [2.24, 2.45) is 0 Å². The predicted octanol–water partition coefficient (Wildman–Crippen LogP) is -0.114. The normalized spacial score (nSPS) is 11.7. The zero-order valence-corrected chi connectivity index (χ0v) is 10.8. The van der Waals surface area contributed by atoms with Gasteiger partial charge in [-0.2, -0.15) is 0 Å². The molecule has 1 unspecified atom stereocenters. The van der Waals surface area contributed by atoms with Gasteiger partial charge in [0.2, 0.25) is 5.91 Å². The molecule has 19 heavy (non-hydrogen) atoms. The SMILES string of the molecule is CC(O)CCNC(=O)CNC(=O)c1ccc(N)cc1. The van der Waals surface area contributed by atoms with E-state index in [0.717, 1.165) is 0 Å². The molecule has 6 heteroatoms. The third kappa shape index (κ3) is 5.87. The minimum Gasteiger partial charge on any atom is -0.399 e. The first-order chi connectivity index (χ1) is 8.99. The number of carbonyl (C=O) groups is 2. The van der Waals surface area contributed by atoms with Crippen LogP contribution >= 0.6 is 0 Å². The van der Waals surface area contributed by atoms with E-state index in [1.165, 1.54) is 0 Å². The van der Waals surface area contributed by atoms with Crippen LogP contribution in [0.4, 0.5) is 5.69 Å². The highest BCUT2D eigenvalue weighted by Gasteiger charge is 2.07. The Labute approximate surface area is 112 Å². The Hall–Kier alpha value is -2.08. The Kier molecular flexibility index (Phi) is 5.81. The number of aliphatic hydroxyl groups excluding tert-OH is 1. The van der Waals surface area contributed by atoms with E-state index in [2.05, 4.69) is 10.6 Å². The predicted molar refractivity (Wildman–Crippen MR) is 72.5 cm³/mol. The van der Waals surface area contributed by atoms with Gasteiger partial charge in [-0.15, -0.1) is 0 Å². The lowest BCUT2D eigenvalue weighted by Crippen LogP contribution is -2.37. The van der Waals surface area contributed by atoms with Gasteiger partial charge in [0, 0.05) is 17.8 Å². The number of amides is 2. The maximum absolute atomic E-state index is 11.7. The standard InChI is InChI=1S/C13H19N3O3/c1-9(17)6-7-15-12(18)8-16-13(19)10-2-4-11(14)5-3-10/h2-5,9,17H,6-8,14H2,1H3,(H,15,18)(H,16,19). The lowest BCUT2D eigenvalue weighted by molar-refractivity contribution is -0.120. The first-order valence-corrected chi connectivity index (χ1v) is 6.07. The number of nitrogen functional groups attached to an aromatic ring is 1. The molecule has 5 N–H and O–H groups in total. The van der Waals surface area contributed by atoms with Gasteiger partial charge in [-0.05, 0) is 37.6 Å². The highest BCUT2D eigenvalue weighted by Crippen LogP contribution is 2.04. The molecule has 0 fully saturated rings. The van der Waals surface area contributed by atoms with Gasteiger partial charge in [0.05, 0.1) is 12.6 Å². The number of anilines is 1. The molecule has 6 nitrogen and oxygen atoms in total. The fraction of sp³-hybridized carbons (Fsp3) is 0.385. The number of rotatable bonds is 6. The van der Waals surface area contributed by atoms with Gasteiger partial charge in [-0.1, -0.05) is 0 Å². The summed E-state index contributed by atoms with van der Waals surface area (Å²) >= 11 is 0. The number of carbonyl (C=O) groups excluding carboxylic acids is 2. The Morgan fingerprint density at radius 1 is 1.26 bits per heavy atom.